The van der Waals surface area contributed by atoms with Crippen LogP contribution in [0.3, 0.4) is 0 Å². The van der Waals surface area contributed by atoms with E-state index in [-0.39, 0.29) is 16.9 Å². The van der Waals surface area contributed by atoms with E-state index in [0.29, 0.717) is 5.56 Å². The van der Waals surface area contributed by atoms with E-state index in [4.69, 9.17) is 6.85 Å². The van der Waals surface area contributed by atoms with Gasteiger partial charge in [-0.3, -0.25) is 0 Å². The van der Waals surface area contributed by atoms with Crippen molar-refractivity contribution in [2.75, 3.05) is 4.90 Å². The summed E-state index contributed by atoms with van der Waals surface area (Å²) in [5, 5.41) is 2.22. The lowest BCUT2D eigenvalue weighted by Crippen LogP contribution is -2.09. The van der Waals surface area contributed by atoms with Crippen molar-refractivity contribution in [3.05, 3.63) is 224 Å². The van der Waals surface area contributed by atoms with Crippen LogP contribution < -0.4 is 4.90 Å². The Labute approximate surface area is 330 Å². The Morgan fingerprint density at radius 2 is 0.698 bits per heavy atom. The Bertz CT molecular complexity index is 3320. The summed E-state index contributed by atoms with van der Waals surface area (Å²) in [4.78, 5) is 1.17. The highest BCUT2D eigenvalue weighted by atomic mass is 15.1. The van der Waals surface area contributed by atoms with Crippen LogP contribution in [0.15, 0.2) is 224 Å². The molecule has 0 aliphatic carbocycles. The zero-order valence-electron chi connectivity index (χ0n) is 41.3. The van der Waals surface area contributed by atoms with Crippen molar-refractivity contribution >= 4 is 27.8 Å². The molecule has 0 amide bonds. The Kier molecular flexibility index (Phi) is 5.62. The van der Waals surface area contributed by atoms with Crippen LogP contribution in [0.1, 0.15) is 17.8 Å². The molecule has 0 heterocycles. The SMILES string of the molecule is [2H]c1c([2H])c([2H])c(-c2c([2H])c([2H])c(N(c3ccc(-c4cccc(-c5ccc6ccccc6c5)c4)cc3)c3c([2H])c([2H])c(-c4cccc(-c5ccccc5)c4)c([2H])c3[2H])c([2H])c2[2H])c([2H])c1[2H]. The molecule has 0 aromatic heterocycles. The molecule has 9 aromatic rings. The molecule has 0 N–H and O–H groups in total. The van der Waals surface area contributed by atoms with Gasteiger partial charge in [0.05, 0.1) is 17.8 Å². The number of hydrogen-bond donors (Lipinski definition) is 0. The van der Waals surface area contributed by atoms with Gasteiger partial charge < -0.3 is 4.90 Å². The van der Waals surface area contributed by atoms with Crippen LogP contribution in [0, 0.1) is 0 Å². The molecular formula is C52H37N. The predicted octanol–water partition coefficient (Wildman–Crippen LogP) is 14.6. The van der Waals surface area contributed by atoms with Gasteiger partial charge in [-0.05, 0) is 121 Å². The first kappa shape index (κ1) is 20.8. The second-order valence-corrected chi connectivity index (χ2v) is 12.4. The minimum atomic E-state index is -0.735. The van der Waals surface area contributed by atoms with E-state index in [1.165, 1.54) is 4.90 Å². The molecule has 0 atom stereocenters. The monoisotopic (exact) mass is 688 g/mol. The minimum Gasteiger partial charge on any atom is -0.311 e. The van der Waals surface area contributed by atoms with E-state index in [9.17, 15) is 11.0 Å². The number of nitrogens with zero attached hydrogens (tertiary/aromatic N) is 1. The molecule has 9 aromatic carbocycles. The van der Waals surface area contributed by atoms with Gasteiger partial charge >= 0.3 is 0 Å². The van der Waals surface area contributed by atoms with E-state index < -0.39 is 95.4 Å². The first-order valence-corrected chi connectivity index (χ1v) is 17.1. The second kappa shape index (κ2) is 14.3. The fourth-order valence-corrected chi connectivity index (χ4v) is 6.38. The number of benzene rings is 9. The molecule has 0 aliphatic heterocycles. The second-order valence-electron chi connectivity index (χ2n) is 12.4. The van der Waals surface area contributed by atoms with E-state index in [2.05, 4.69) is 30.3 Å². The van der Waals surface area contributed by atoms with E-state index >= 15 is 0 Å². The van der Waals surface area contributed by atoms with Gasteiger partial charge in [-0.1, -0.05) is 170 Å². The molecule has 1 nitrogen and oxygen atoms in total. The highest BCUT2D eigenvalue weighted by Crippen LogP contribution is 2.38. The summed E-state index contributed by atoms with van der Waals surface area (Å²) < 4.78 is 117. The predicted molar refractivity (Wildman–Crippen MR) is 226 cm³/mol. The van der Waals surface area contributed by atoms with Gasteiger partial charge in [0.1, 0.15) is 0 Å². The lowest BCUT2D eigenvalue weighted by Gasteiger charge is -2.26. The fraction of sp³-hybridized carbons (Fsp3) is 0. The third-order valence-corrected chi connectivity index (χ3v) is 9.08. The van der Waals surface area contributed by atoms with Crippen LogP contribution in [0.25, 0.3) is 66.4 Å². The maximum Gasteiger partial charge on any atom is 0.0645 e. The van der Waals surface area contributed by atoms with Gasteiger partial charge in [0.2, 0.25) is 0 Å². The van der Waals surface area contributed by atoms with Crippen LogP contribution in [0.5, 0.6) is 0 Å². The largest absolute Gasteiger partial charge is 0.311 e. The Morgan fingerprint density at radius 1 is 0.264 bits per heavy atom. The van der Waals surface area contributed by atoms with Crippen molar-refractivity contribution in [3.63, 3.8) is 0 Å². The Balaban J connectivity index is 1.23. The quantitative estimate of drug-likeness (QED) is 0.154. The van der Waals surface area contributed by atoms with Gasteiger partial charge in [0.15, 0.2) is 0 Å². The maximum absolute atomic E-state index is 9.49. The summed E-state index contributed by atoms with van der Waals surface area (Å²) in [7, 11) is 0. The molecule has 0 radical (unpaired) electrons. The Morgan fingerprint density at radius 3 is 1.32 bits per heavy atom. The van der Waals surface area contributed by atoms with Crippen molar-refractivity contribution in [1.29, 1.82) is 0 Å². The van der Waals surface area contributed by atoms with Crippen molar-refractivity contribution in [2.24, 2.45) is 0 Å². The number of hydrogen-bond acceptors (Lipinski definition) is 1. The molecule has 0 bridgehead atoms. The molecule has 0 aliphatic rings. The summed E-state index contributed by atoms with van der Waals surface area (Å²) in [6.07, 6.45) is 0. The number of rotatable bonds is 8. The smallest absolute Gasteiger partial charge is 0.0645 e. The molecule has 9 rings (SSSR count). The number of fused-ring (bicyclic) bond motifs is 1. The van der Waals surface area contributed by atoms with E-state index in [1.54, 1.807) is 42.5 Å². The van der Waals surface area contributed by atoms with Crippen molar-refractivity contribution in [3.8, 4) is 55.6 Å². The first-order valence-electron chi connectivity index (χ1n) is 23.6. The molecule has 250 valence electrons. The number of anilines is 3. The summed E-state index contributed by atoms with van der Waals surface area (Å²) >= 11 is 0. The van der Waals surface area contributed by atoms with E-state index in [0.717, 1.165) is 44.2 Å². The average Bonchev–Trinajstić information content (AvgIpc) is 3.35. The first-order chi connectivity index (χ1) is 31.7. The summed E-state index contributed by atoms with van der Waals surface area (Å²) in [5.41, 5.74) is 4.09. The highest BCUT2D eigenvalue weighted by molar-refractivity contribution is 5.88. The molecule has 0 spiro atoms. The lowest BCUT2D eigenvalue weighted by atomic mass is 9.97. The highest BCUT2D eigenvalue weighted by Gasteiger charge is 2.14. The van der Waals surface area contributed by atoms with Gasteiger partial charge in [0, 0.05) is 17.1 Å². The molecule has 0 fully saturated rings. The van der Waals surface area contributed by atoms with Gasteiger partial charge in [-0.25, -0.2) is 0 Å². The molecular weight excluding hydrogens is 639 g/mol. The van der Waals surface area contributed by atoms with Crippen molar-refractivity contribution in [1.82, 2.24) is 0 Å². The third-order valence-electron chi connectivity index (χ3n) is 9.08. The molecule has 0 saturated heterocycles. The van der Waals surface area contributed by atoms with Gasteiger partial charge in [-0.2, -0.15) is 0 Å². The summed E-state index contributed by atoms with van der Waals surface area (Å²) in [5.74, 6) is 0. The standard InChI is InChI=1S/C52H37N/c1-3-11-38(12-4-1)41-23-29-50(30-24-41)53(51-31-25-42(26-32-51)46-18-9-17-45(35-46)39-13-5-2-6-14-39)52-33-27-43(28-34-52)47-19-10-20-48(36-47)49-22-21-40-15-7-8-16-44(40)37-49/h1-37H/i1D,3D,4D,11D,12D,23D,24D,25D,26D,29D,30D,31D,32D. The summed E-state index contributed by atoms with van der Waals surface area (Å²) in [6.45, 7) is 0. The minimum absolute atomic E-state index is 0.0178. The third kappa shape index (κ3) is 6.77. The van der Waals surface area contributed by atoms with Crippen LogP contribution in [0.2, 0.25) is 0 Å². The van der Waals surface area contributed by atoms with Crippen LogP contribution in [-0.2, 0) is 0 Å². The van der Waals surface area contributed by atoms with Crippen LogP contribution in [-0.4, -0.2) is 0 Å². The Hall–Kier alpha value is -6.96. The van der Waals surface area contributed by atoms with Crippen molar-refractivity contribution < 1.29 is 17.8 Å². The van der Waals surface area contributed by atoms with Gasteiger partial charge in [0.25, 0.3) is 0 Å². The fourth-order valence-electron chi connectivity index (χ4n) is 6.38. The normalized spacial score (nSPS) is 14.5. The molecule has 0 saturated carbocycles. The van der Waals surface area contributed by atoms with Gasteiger partial charge in [-0.15, -0.1) is 0 Å². The maximum atomic E-state index is 9.49. The zero-order valence-corrected chi connectivity index (χ0v) is 28.3. The van der Waals surface area contributed by atoms with Crippen LogP contribution >= 0.6 is 0 Å². The summed E-state index contributed by atoms with van der Waals surface area (Å²) in [6, 6.07) is 37.5. The lowest BCUT2D eigenvalue weighted by molar-refractivity contribution is 1.28. The average molecular weight is 689 g/mol. The van der Waals surface area contributed by atoms with Crippen molar-refractivity contribution in [2.45, 2.75) is 0 Å². The molecule has 53 heavy (non-hydrogen) atoms. The zero-order chi connectivity index (χ0) is 46.7. The molecule has 1 heteroatoms. The topological polar surface area (TPSA) is 3.24 Å². The van der Waals surface area contributed by atoms with E-state index in [1.807, 2.05) is 72.8 Å². The molecule has 0 unspecified atom stereocenters. The van der Waals surface area contributed by atoms with Crippen LogP contribution in [0.4, 0.5) is 17.1 Å².